The van der Waals surface area contributed by atoms with Gasteiger partial charge in [0.25, 0.3) is 5.15 Å². The molecule has 1 atom stereocenters. The smallest absolute Gasteiger partial charge is 0.286 e. The Morgan fingerprint density at radius 3 is 2.69 bits per heavy atom. The summed E-state index contributed by atoms with van der Waals surface area (Å²) < 4.78 is 5.25. The van der Waals surface area contributed by atoms with Crippen LogP contribution in [0.4, 0.5) is 0 Å². The summed E-state index contributed by atoms with van der Waals surface area (Å²) in [5.41, 5.74) is 0.885. The predicted octanol–water partition coefficient (Wildman–Crippen LogP) is 0.919. The fourth-order valence-corrected chi connectivity index (χ4v) is 1.24. The molecule has 0 saturated carbocycles. The van der Waals surface area contributed by atoms with E-state index in [1.165, 1.54) is 19.2 Å². The third-order valence-electron chi connectivity index (χ3n) is 1.68. The van der Waals surface area contributed by atoms with Gasteiger partial charge in [-0.1, -0.05) is 0 Å². The maximum Gasteiger partial charge on any atom is 0.286 e. The van der Waals surface area contributed by atoms with Crippen molar-refractivity contribution in [3.05, 3.63) is 33.8 Å². The van der Waals surface area contributed by atoms with Gasteiger partial charge in [0.2, 0.25) is 0 Å². The molecule has 72 valence electrons. The lowest BCUT2D eigenvalue weighted by Crippen LogP contribution is -2.31. The van der Waals surface area contributed by atoms with Crippen LogP contribution in [0.1, 0.15) is 17.5 Å². The predicted molar refractivity (Wildman–Crippen MR) is 47.1 cm³/mol. The molecule has 0 bridgehead atoms. The second-order valence-electron chi connectivity index (χ2n) is 2.64. The number of aliphatic hydroxyl groups is 1. The molecule has 13 heavy (non-hydrogen) atoms. The highest BCUT2D eigenvalue weighted by Crippen LogP contribution is 2.16. The number of methoxy groups -OCH3 is 1. The molecule has 0 radical (unpaired) electrons. The Morgan fingerprint density at radius 1 is 1.62 bits per heavy atom. The summed E-state index contributed by atoms with van der Waals surface area (Å²) in [6.07, 6.45) is -1.04. The lowest BCUT2D eigenvalue weighted by Gasteiger charge is -2.10. The number of pyridine rings is 1. The minimum absolute atomic E-state index is 0.0195. The number of hydrogen-bond acceptors (Lipinski definition) is 3. The number of rotatable bonds is 2. The molecule has 4 nitrogen and oxygen atoms in total. The van der Waals surface area contributed by atoms with Crippen molar-refractivity contribution in [1.29, 1.82) is 0 Å². The summed E-state index contributed by atoms with van der Waals surface area (Å²) in [4.78, 5) is 0. The number of aromatic nitrogens is 1. The fourth-order valence-electron chi connectivity index (χ4n) is 0.985. The molecule has 0 amide bonds. The lowest BCUT2D eigenvalue weighted by atomic mass is 10.2. The van der Waals surface area contributed by atoms with Gasteiger partial charge in [0, 0.05) is 31.7 Å². The molecular weight excluding hydrogens is 194 g/mol. The molecule has 5 heteroatoms. The first-order chi connectivity index (χ1) is 6.06. The Balaban J connectivity index is 3.13. The minimum atomic E-state index is -1.04. The van der Waals surface area contributed by atoms with E-state index in [1.807, 2.05) is 0 Å². The van der Waals surface area contributed by atoms with Crippen molar-refractivity contribution in [2.45, 2.75) is 13.2 Å². The Morgan fingerprint density at radius 2 is 2.23 bits per heavy atom. The summed E-state index contributed by atoms with van der Waals surface area (Å²) in [6, 6.07) is 2.89. The van der Waals surface area contributed by atoms with Gasteiger partial charge in [-0.25, -0.2) is 0 Å². The van der Waals surface area contributed by atoms with Crippen LogP contribution >= 0.6 is 11.6 Å². The molecule has 1 heterocycles. The fraction of sp³-hybridized carbons (Fsp3) is 0.375. The average Bonchev–Trinajstić information content (AvgIpc) is 2.12. The van der Waals surface area contributed by atoms with Gasteiger partial charge in [-0.05, 0) is 11.6 Å². The first-order valence-electron chi connectivity index (χ1n) is 3.66. The van der Waals surface area contributed by atoms with Crippen molar-refractivity contribution in [1.82, 2.24) is 0 Å². The van der Waals surface area contributed by atoms with E-state index in [-0.39, 0.29) is 5.15 Å². The van der Waals surface area contributed by atoms with Gasteiger partial charge in [-0.2, -0.15) is 4.73 Å². The monoisotopic (exact) mass is 203 g/mol. The van der Waals surface area contributed by atoms with Gasteiger partial charge in [0.05, 0.1) is 0 Å². The third kappa shape index (κ3) is 2.09. The van der Waals surface area contributed by atoms with Gasteiger partial charge >= 0.3 is 0 Å². The van der Waals surface area contributed by atoms with E-state index < -0.39 is 6.29 Å². The highest BCUT2D eigenvalue weighted by molar-refractivity contribution is 6.28. The second kappa shape index (κ2) is 3.91. The molecule has 0 aliphatic heterocycles. The van der Waals surface area contributed by atoms with Crippen LogP contribution in [0.5, 0.6) is 0 Å². The van der Waals surface area contributed by atoms with Gasteiger partial charge < -0.3 is 15.1 Å². The number of aliphatic hydroxyl groups excluding tert-OH is 1. The summed E-state index contributed by atoms with van der Waals surface area (Å²) in [5.74, 6) is 0. The molecule has 1 aromatic heterocycles. The van der Waals surface area contributed by atoms with Crippen LogP contribution in [0.3, 0.4) is 0 Å². The second-order valence-corrected chi connectivity index (χ2v) is 3.02. The number of nitrogens with zero attached hydrogens (tertiary/aromatic N) is 1. The zero-order valence-electron chi connectivity index (χ0n) is 7.32. The van der Waals surface area contributed by atoms with Crippen molar-refractivity contribution in [2.24, 2.45) is 0 Å². The van der Waals surface area contributed by atoms with Gasteiger partial charge in [0.1, 0.15) is 0 Å². The molecule has 0 aromatic carbocycles. The van der Waals surface area contributed by atoms with Gasteiger partial charge in [-0.3, -0.25) is 0 Å². The lowest BCUT2D eigenvalue weighted by molar-refractivity contribution is -0.610. The minimum Gasteiger partial charge on any atom is -0.617 e. The van der Waals surface area contributed by atoms with Crippen LogP contribution in [-0.4, -0.2) is 12.2 Å². The quantitative estimate of drug-likeness (QED) is 0.337. The van der Waals surface area contributed by atoms with E-state index in [9.17, 15) is 10.3 Å². The Labute approximate surface area is 80.9 Å². The highest BCUT2D eigenvalue weighted by Gasteiger charge is 2.13. The Kier molecular flexibility index (Phi) is 3.08. The number of aryl methyl sites for hydroxylation is 1. The highest BCUT2D eigenvalue weighted by atomic mass is 35.5. The number of halogens is 1. The first kappa shape index (κ1) is 10.2. The van der Waals surface area contributed by atoms with E-state index in [0.717, 1.165) is 0 Å². The largest absolute Gasteiger partial charge is 0.617 e. The molecule has 0 aliphatic carbocycles. The molecular formula is C8H10ClNO3. The molecule has 1 aromatic rings. The van der Waals surface area contributed by atoms with E-state index in [1.54, 1.807) is 6.92 Å². The number of hydrogen-bond donors (Lipinski definition) is 1. The zero-order chi connectivity index (χ0) is 10.0. The maximum atomic E-state index is 11.1. The maximum absolute atomic E-state index is 11.1. The summed E-state index contributed by atoms with van der Waals surface area (Å²) in [5, 5.41) is 20.4. The van der Waals surface area contributed by atoms with E-state index in [0.29, 0.717) is 16.0 Å². The van der Waals surface area contributed by atoms with Crippen LogP contribution < -0.4 is 4.73 Å². The molecule has 1 N–H and O–H groups in total. The molecule has 0 fully saturated rings. The molecule has 1 rings (SSSR count). The Bertz CT molecular complexity index is 293. The van der Waals surface area contributed by atoms with Crippen molar-refractivity contribution in [3.63, 3.8) is 0 Å². The van der Waals surface area contributed by atoms with Crippen LogP contribution in [0.2, 0.25) is 5.15 Å². The summed E-state index contributed by atoms with van der Waals surface area (Å²) in [6.45, 7) is 1.60. The molecule has 0 spiro atoms. The van der Waals surface area contributed by atoms with Crippen LogP contribution in [0, 0.1) is 12.1 Å². The van der Waals surface area contributed by atoms with Gasteiger partial charge in [-0.15, -0.1) is 0 Å². The van der Waals surface area contributed by atoms with Crippen molar-refractivity contribution >= 4 is 11.6 Å². The van der Waals surface area contributed by atoms with Crippen LogP contribution in [-0.2, 0) is 4.74 Å². The standard InChI is InChI=1S/C8H10ClNO3/c1-5-3-6(8(11)13-2)4-7(9)10(5)12/h3-4,8,11H,1-2H3. The third-order valence-corrected chi connectivity index (χ3v) is 1.95. The molecule has 0 aliphatic rings. The van der Waals surface area contributed by atoms with Gasteiger partial charge in [0.15, 0.2) is 12.0 Å². The molecule has 1 unspecified atom stereocenters. The van der Waals surface area contributed by atoms with Crippen molar-refractivity contribution < 1.29 is 14.6 Å². The zero-order valence-corrected chi connectivity index (χ0v) is 8.08. The SMILES string of the molecule is COC(O)c1cc(C)[n+]([O-])c(Cl)c1. The van der Waals surface area contributed by atoms with E-state index in [4.69, 9.17) is 11.6 Å². The first-order valence-corrected chi connectivity index (χ1v) is 4.04. The number of ether oxygens (including phenoxy) is 1. The summed E-state index contributed by atoms with van der Waals surface area (Å²) >= 11 is 5.60. The topological polar surface area (TPSA) is 56.4 Å². The normalized spacial score (nSPS) is 12.9. The Hall–Kier alpha value is -0.840. The van der Waals surface area contributed by atoms with E-state index >= 15 is 0 Å². The van der Waals surface area contributed by atoms with Crippen LogP contribution in [0.15, 0.2) is 12.1 Å². The van der Waals surface area contributed by atoms with Crippen molar-refractivity contribution in [2.75, 3.05) is 7.11 Å². The van der Waals surface area contributed by atoms with Crippen LogP contribution in [0.25, 0.3) is 0 Å². The van der Waals surface area contributed by atoms with E-state index in [2.05, 4.69) is 4.74 Å². The van der Waals surface area contributed by atoms with Crippen molar-refractivity contribution in [3.8, 4) is 0 Å². The molecule has 0 saturated heterocycles. The average molecular weight is 204 g/mol. The summed E-state index contributed by atoms with van der Waals surface area (Å²) in [7, 11) is 1.37.